The third-order valence-electron chi connectivity index (χ3n) is 4.95. The predicted molar refractivity (Wildman–Crippen MR) is 121 cm³/mol. The highest BCUT2D eigenvalue weighted by molar-refractivity contribution is 7.10. The Labute approximate surface area is 182 Å². The Hall–Kier alpha value is -1.08. The smallest absolute Gasteiger partial charge is 0.410 e. The van der Waals surface area contributed by atoms with Gasteiger partial charge in [-0.05, 0) is 81.5 Å². The first-order chi connectivity index (χ1) is 12.8. The van der Waals surface area contributed by atoms with E-state index in [1.165, 1.54) is 22.4 Å². The molecule has 0 saturated heterocycles. The van der Waals surface area contributed by atoms with E-state index in [4.69, 9.17) is 4.74 Å². The van der Waals surface area contributed by atoms with Crippen LogP contribution in [-0.2, 0) is 17.6 Å². The van der Waals surface area contributed by atoms with E-state index in [-0.39, 0.29) is 24.5 Å². The van der Waals surface area contributed by atoms with Gasteiger partial charge in [-0.15, -0.1) is 35.1 Å². The number of nitrogens with zero attached hydrogens (tertiary/aromatic N) is 1. The lowest BCUT2D eigenvalue weighted by molar-refractivity contribution is 0.0161. The Bertz CT molecular complexity index is 781. The fraction of sp³-hybridized carbons (Fsp3) is 0.571. The second kappa shape index (κ2) is 9.61. The van der Waals surface area contributed by atoms with Crippen molar-refractivity contribution in [3.8, 4) is 0 Å². The molecule has 1 N–H and O–H groups in total. The van der Waals surface area contributed by atoms with Crippen LogP contribution in [0.3, 0.4) is 0 Å². The number of nitrogens with one attached hydrogen (secondary N) is 1. The number of hydrogen-bond donors (Lipinski definition) is 1. The molecule has 2 aliphatic rings. The molecule has 0 aliphatic carbocycles. The first-order valence-electron chi connectivity index (χ1n) is 9.62. The molecule has 1 amide bonds. The molecule has 0 saturated carbocycles. The van der Waals surface area contributed by atoms with Crippen molar-refractivity contribution >= 4 is 41.2 Å². The van der Waals surface area contributed by atoms with Gasteiger partial charge in [-0.3, -0.25) is 0 Å². The fourth-order valence-electron chi connectivity index (χ4n) is 3.53. The number of thiophene rings is 2. The van der Waals surface area contributed by atoms with Crippen LogP contribution in [0, 0.1) is 0 Å². The zero-order valence-electron chi connectivity index (χ0n) is 17.3. The summed E-state index contributed by atoms with van der Waals surface area (Å²) in [5.41, 5.74) is 2.36. The monoisotopic (exact) mass is 442 g/mol. The second-order valence-electron chi connectivity index (χ2n) is 8.12. The lowest BCUT2D eigenvalue weighted by atomic mass is 10.0. The van der Waals surface area contributed by atoms with Gasteiger partial charge in [-0.25, -0.2) is 4.79 Å². The zero-order chi connectivity index (χ0) is 19.6. The lowest BCUT2D eigenvalue weighted by Crippen LogP contribution is -2.41. The van der Waals surface area contributed by atoms with E-state index in [1.807, 2.05) is 37.0 Å². The molecule has 0 radical (unpaired) electrons. The molecule has 2 atom stereocenters. The van der Waals surface area contributed by atoms with Crippen molar-refractivity contribution in [3.63, 3.8) is 0 Å². The summed E-state index contributed by atoms with van der Waals surface area (Å²) in [5, 5.41) is 7.72. The highest BCUT2D eigenvalue weighted by atomic mass is 35.5. The Morgan fingerprint density at radius 2 is 1.71 bits per heavy atom. The number of carbonyl (C=O) groups is 1. The van der Waals surface area contributed by atoms with Crippen LogP contribution in [0.4, 0.5) is 4.79 Å². The Morgan fingerprint density at radius 3 is 2.32 bits per heavy atom. The number of amides is 1. The van der Waals surface area contributed by atoms with Crippen LogP contribution < -0.4 is 5.32 Å². The number of carbonyl (C=O) groups excluding carboxylic acids is 1. The maximum absolute atomic E-state index is 12.1. The first kappa shape index (κ1) is 23.2. The van der Waals surface area contributed by atoms with E-state index in [1.54, 1.807) is 16.2 Å². The molecule has 2 aromatic rings. The molecule has 156 valence electrons. The summed E-state index contributed by atoms with van der Waals surface area (Å²) in [7, 11) is 0. The minimum atomic E-state index is -0.425. The molecular formula is C21H31ClN2O2S2. The summed E-state index contributed by atoms with van der Waals surface area (Å²) < 4.78 is 5.43. The maximum atomic E-state index is 12.1. The highest BCUT2D eigenvalue weighted by Gasteiger charge is 2.31. The molecule has 4 nitrogen and oxygen atoms in total. The third-order valence-corrected chi connectivity index (χ3v) is 6.95. The van der Waals surface area contributed by atoms with E-state index < -0.39 is 5.60 Å². The molecular weight excluding hydrogens is 412 g/mol. The van der Waals surface area contributed by atoms with Gasteiger partial charge in [0.15, 0.2) is 0 Å². The van der Waals surface area contributed by atoms with Gasteiger partial charge >= 0.3 is 6.09 Å². The van der Waals surface area contributed by atoms with Crippen LogP contribution in [0.5, 0.6) is 0 Å². The summed E-state index contributed by atoms with van der Waals surface area (Å²) >= 11 is 3.67. The molecule has 7 heteroatoms. The lowest BCUT2D eigenvalue weighted by Gasteiger charge is -2.34. The van der Waals surface area contributed by atoms with Crippen molar-refractivity contribution in [2.45, 2.75) is 65.1 Å². The van der Waals surface area contributed by atoms with Crippen LogP contribution in [-0.4, -0.2) is 29.7 Å². The van der Waals surface area contributed by atoms with Crippen molar-refractivity contribution in [1.82, 2.24) is 10.2 Å². The summed E-state index contributed by atoms with van der Waals surface area (Å²) in [6.45, 7) is 11.9. The molecule has 4 heterocycles. The summed E-state index contributed by atoms with van der Waals surface area (Å²) in [6, 6.07) is 5.05. The number of fused-ring (bicyclic) bond motifs is 2. The molecule has 2 aliphatic heterocycles. The molecule has 0 fully saturated rings. The minimum Gasteiger partial charge on any atom is -0.444 e. The van der Waals surface area contributed by atoms with Gasteiger partial charge < -0.3 is 15.0 Å². The quantitative estimate of drug-likeness (QED) is 0.545. The van der Waals surface area contributed by atoms with E-state index in [0.29, 0.717) is 6.04 Å². The highest BCUT2D eigenvalue weighted by Crippen LogP contribution is 2.33. The first-order valence-corrected chi connectivity index (χ1v) is 11.4. The summed E-state index contributed by atoms with van der Waals surface area (Å²) in [6.07, 6.45) is 1.95. The summed E-state index contributed by atoms with van der Waals surface area (Å²) in [4.78, 5) is 16.9. The van der Waals surface area contributed by atoms with E-state index in [0.717, 1.165) is 19.5 Å². The largest absolute Gasteiger partial charge is 0.444 e. The van der Waals surface area contributed by atoms with Crippen molar-refractivity contribution in [1.29, 1.82) is 0 Å². The molecule has 0 bridgehead atoms. The van der Waals surface area contributed by atoms with Crippen LogP contribution in [0.1, 0.15) is 67.6 Å². The molecule has 4 rings (SSSR count). The number of rotatable bonds is 0. The predicted octanol–water partition coefficient (Wildman–Crippen LogP) is 5.98. The van der Waals surface area contributed by atoms with E-state index >= 15 is 0 Å². The molecule has 2 aromatic heterocycles. The van der Waals surface area contributed by atoms with Gasteiger partial charge in [0.2, 0.25) is 0 Å². The standard InChI is InChI=1S/C13H19NO2S.C8H11NS.ClH/c1-9-10-6-8-17-11(10)5-7-14(9)12(15)16-13(2,3)4;1-6-7-3-5-10-8(7)2-4-9-6;/h6,8-9H,5,7H2,1-4H3;3,5-6,9H,2,4H2,1H3;1H/t9-;6-;/m11./s1. The number of hydrogen-bond acceptors (Lipinski definition) is 5. The van der Waals surface area contributed by atoms with Gasteiger partial charge in [-0.2, -0.15) is 0 Å². The Morgan fingerprint density at radius 1 is 1.11 bits per heavy atom. The Kier molecular flexibility index (Phi) is 7.97. The molecule has 0 aromatic carbocycles. The van der Waals surface area contributed by atoms with E-state index in [2.05, 4.69) is 42.1 Å². The van der Waals surface area contributed by atoms with Crippen molar-refractivity contribution in [2.24, 2.45) is 0 Å². The van der Waals surface area contributed by atoms with Crippen LogP contribution in [0.2, 0.25) is 0 Å². The van der Waals surface area contributed by atoms with Crippen LogP contribution in [0.15, 0.2) is 22.9 Å². The maximum Gasteiger partial charge on any atom is 0.410 e. The van der Waals surface area contributed by atoms with Gasteiger partial charge in [0, 0.05) is 28.9 Å². The summed E-state index contributed by atoms with van der Waals surface area (Å²) in [5.74, 6) is 0. The van der Waals surface area contributed by atoms with Crippen LogP contribution >= 0.6 is 35.1 Å². The van der Waals surface area contributed by atoms with Crippen molar-refractivity contribution in [3.05, 3.63) is 43.8 Å². The SMILES string of the molecule is C[C@@H]1c2ccsc2CCN1C(=O)OC(C)(C)C.C[C@H]1NCCc2sccc21.Cl. The average Bonchev–Trinajstić information content (AvgIpc) is 3.23. The zero-order valence-corrected chi connectivity index (χ0v) is 19.7. The second-order valence-corrected chi connectivity index (χ2v) is 10.1. The minimum absolute atomic E-state index is 0. The van der Waals surface area contributed by atoms with Gasteiger partial charge in [0.05, 0.1) is 6.04 Å². The molecule has 28 heavy (non-hydrogen) atoms. The van der Waals surface area contributed by atoms with Gasteiger partial charge in [0.25, 0.3) is 0 Å². The molecule has 0 unspecified atom stereocenters. The topological polar surface area (TPSA) is 41.6 Å². The molecule has 0 spiro atoms. The van der Waals surface area contributed by atoms with Gasteiger partial charge in [0.1, 0.15) is 5.60 Å². The average molecular weight is 443 g/mol. The third kappa shape index (κ3) is 5.50. The number of halogens is 1. The van der Waals surface area contributed by atoms with Crippen LogP contribution in [0.25, 0.3) is 0 Å². The Balaban J connectivity index is 0.000000217. The van der Waals surface area contributed by atoms with Crippen molar-refractivity contribution < 1.29 is 9.53 Å². The van der Waals surface area contributed by atoms with Crippen molar-refractivity contribution in [2.75, 3.05) is 13.1 Å². The normalized spacial score (nSPS) is 20.8. The number of ether oxygens (including phenoxy) is 1. The van der Waals surface area contributed by atoms with E-state index in [9.17, 15) is 4.79 Å². The van der Waals surface area contributed by atoms with Gasteiger partial charge in [-0.1, -0.05) is 0 Å². The fourth-order valence-corrected chi connectivity index (χ4v) is 5.47.